The highest BCUT2D eigenvalue weighted by Gasteiger charge is 2.28. The van der Waals surface area contributed by atoms with Gasteiger partial charge in [0.2, 0.25) is 0 Å². The van der Waals surface area contributed by atoms with Gasteiger partial charge in [0.25, 0.3) is 0 Å². The van der Waals surface area contributed by atoms with E-state index in [0.717, 1.165) is 16.8 Å². The molecular weight excluding hydrogens is 276 g/mol. The van der Waals surface area contributed by atoms with Crippen LogP contribution in [0.5, 0.6) is 0 Å². The minimum Gasteiger partial charge on any atom is -0.433 e. The van der Waals surface area contributed by atoms with Gasteiger partial charge in [-0.1, -0.05) is 42.5 Å². The van der Waals surface area contributed by atoms with Crippen LogP contribution in [-0.2, 0) is 9.53 Å². The molecule has 0 saturated carbocycles. The molecule has 0 spiro atoms. The number of carbonyl (C=O) groups excluding carboxylic acids is 1. The summed E-state index contributed by atoms with van der Waals surface area (Å²) in [7, 11) is 3.99. The fourth-order valence-electron chi connectivity index (χ4n) is 2.32. The van der Waals surface area contributed by atoms with Gasteiger partial charge in [-0.2, -0.15) is 0 Å². The Hall–Kier alpha value is -2.75. The molecule has 3 rings (SSSR count). The van der Waals surface area contributed by atoms with Crippen molar-refractivity contribution >= 4 is 17.7 Å². The number of nitrogens with zero attached hydrogens (tertiary/aromatic N) is 1. The topological polar surface area (TPSA) is 41.6 Å². The molecule has 1 atom stereocenters. The lowest BCUT2D eigenvalue weighted by Crippen LogP contribution is -2.12. The number of nitrogens with one attached hydrogen (secondary N) is 1. The van der Waals surface area contributed by atoms with Gasteiger partial charge < -0.3 is 15.0 Å². The predicted molar refractivity (Wildman–Crippen MR) is 87.2 cm³/mol. The van der Waals surface area contributed by atoms with Crippen LogP contribution in [0.2, 0.25) is 0 Å². The minimum absolute atomic E-state index is 0.328. The van der Waals surface area contributed by atoms with E-state index in [2.05, 4.69) is 5.32 Å². The van der Waals surface area contributed by atoms with Crippen LogP contribution in [0.25, 0.3) is 6.08 Å². The Morgan fingerprint density at radius 2 is 1.73 bits per heavy atom. The number of esters is 1. The standard InChI is InChI=1S/C18H18N2O2/c1-20(2)15-10-8-13(9-11-15)12-16-18(21)22-17(19-16)14-6-4-3-5-7-14/h3-12,17,19H,1-2H3/b16-12+. The van der Waals surface area contributed by atoms with Crippen LogP contribution in [0, 0.1) is 0 Å². The Morgan fingerprint density at radius 3 is 2.36 bits per heavy atom. The molecule has 1 unspecified atom stereocenters. The average Bonchev–Trinajstić information content (AvgIpc) is 2.90. The van der Waals surface area contributed by atoms with Gasteiger partial charge in [-0.3, -0.25) is 0 Å². The van der Waals surface area contributed by atoms with E-state index in [1.54, 1.807) is 0 Å². The molecule has 4 nitrogen and oxygen atoms in total. The van der Waals surface area contributed by atoms with Crippen molar-refractivity contribution in [2.24, 2.45) is 0 Å². The first-order chi connectivity index (χ1) is 10.6. The second-order valence-electron chi connectivity index (χ2n) is 5.38. The number of cyclic esters (lactones) is 1. The Kier molecular flexibility index (Phi) is 3.83. The fourth-order valence-corrected chi connectivity index (χ4v) is 2.32. The molecule has 1 aliphatic rings. The SMILES string of the molecule is CN(C)c1ccc(/C=C2/NC(c3ccccc3)OC2=O)cc1. The van der Waals surface area contributed by atoms with E-state index >= 15 is 0 Å². The zero-order valence-corrected chi connectivity index (χ0v) is 12.6. The highest BCUT2D eigenvalue weighted by atomic mass is 16.6. The van der Waals surface area contributed by atoms with Crippen molar-refractivity contribution in [1.29, 1.82) is 0 Å². The maximum absolute atomic E-state index is 12.0. The van der Waals surface area contributed by atoms with E-state index in [4.69, 9.17) is 4.74 Å². The van der Waals surface area contributed by atoms with Crippen LogP contribution in [-0.4, -0.2) is 20.1 Å². The minimum atomic E-state index is -0.416. The van der Waals surface area contributed by atoms with Gasteiger partial charge in [-0.15, -0.1) is 0 Å². The maximum atomic E-state index is 12.0. The van der Waals surface area contributed by atoms with Gasteiger partial charge in [-0.25, -0.2) is 4.79 Å². The highest BCUT2D eigenvalue weighted by molar-refractivity contribution is 5.95. The van der Waals surface area contributed by atoms with Gasteiger partial charge in [0.15, 0.2) is 6.23 Å². The molecule has 22 heavy (non-hydrogen) atoms. The second-order valence-corrected chi connectivity index (χ2v) is 5.38. The van der Waals surface area contributed by atoms with Gasteiger partial charge in [0.1, 0.15) is 5.70 Å². The van der Waals surface area contributed by atoms with E-state index < -0.39 is 6.23 Å². The van der Waals surface area contributed by atoms with E-state index in [1.165, 1.54) is 0 Å². The number of ether oxygens (including phenoxy) is 1. The smallest absolute Gasteiger partial charge is 0.356 e. The summed E-state index contributed by atoms with van der Waals surface area (Å²) in [6.45, 7) is 0. The zero-order chi connectivity index (χ0) is 15.5. The van der Waals surface area contributed by atoms with Crippen LogP contribution >= 0.6 is 0 Å². The van der Waals surface area contributed by atoms with Gasteiger partial charge in [0, 0.05) is 25.3 Å². The summed E-state index contributed by atoms with van der Waals surface area (Å²) in [5, 5.41) is 3.12. The number of rotatable bonds is 3. The Morgan fingerprint density at radius 1 is 1.05 bits per heavy atom. The van der Waals surface area contributed by atoms with Crippen molar-refractivity contribution in [3.8, 4) is 0 Å². The monoisotopic (exact) mass is 294 g/mol. The summed E-state index contributed by atoms with van der Waals surface area (Å²) in [6, 6.07) is 17.6. The Bertz CT molecular complexity index is 691. The summed E-state index contributed by atoms with van der Waals surface area (Å²) < 4.78 is 5.37. The van der Waals surface area contributed by atoms with Crippen molar-refractivity contribution in [3.05, 3.63) is 71.4 Å². The molecule has 0 aromatic heterocycles. The quantitative estimate of drug-likeness (QED) is 0.698. The summed E-state index contributed by atoms with van der Waals surface area (Å²) in [5.41, 5.74) is 3.48. The number of hydrogen-bond acceptors (Lipinski definition) is 4. The third kappa shape index (κ3) is 2.96. The van der Waals surface area contributed by atoms with Crippen LogP contribution in [0.15, 0.2) is 60.3 Å². The summed E-state index contributed by atoms with van der Waals surface area (Å²) >= 11 is 0. The molecule has 1 N–H and O–H groups in total. The van der Waals surface area contributed by atoms with E-state index in [9.17, 15) is 4.79 Å². The molecule has 112 valence electrons. The van der Waals surface area contributed by atoms with Crippen molar-refractivity contribution in [2.75, 3.05) is 19.0 Å². The first kappa shape index (κ1) is 14.2. The number of anilines is 1. The van der Waals surface area contributed by atoms with Crippen molar-refractivity contribution in [1.82, 2.24) is 5.32 Å². The molecule has 0 amide bonds. The number of hydrogen-bond donors (Lipinski definition) is 1. The second kappa shape index (κ2) is 5.93. The number of carbonyl (C=O) groups is 1. The lowest BCUT2D eigenvalue weighted by molar-refractivity contribution is -0.139. The maximum Gasteiger partial charge on any atom is 0.356 e. The fraction of sp³-hybridized carbons (Fsp3) is 0.167. The molecule has 1 heterocycles. The summed E-state index contributed by atoms with van der Waals surface area (Å²) in [6.07, 6.45) is 1.39. The highest BCUT2D eigenvalue weighted by Crippen LogP contribution is 2.24. The lowest BCUT2D eigenvalue weighted by Gasteiger charge is -2.12. The van der Waals surface area contributed by atoms with Gasteiger partial charge in [-0.05, 0) is 23.8 Å². The van der Waals surface area contributed by atoms with E-state index in [1.807, 2.05) is 79.7 Å². The van der Waals surface area contributed by atoms with Crippen LogP contribution in [0.3, 0.4) is 0 Å². The molecule has 0 bridgehead atoms. The normalized spacial score (nSPS) is 18.9. The Balaban J connectivity index is 1.78. The number of benzene rings is 2. The first-order valence-electron chi connectivity index (χ1n) is 7.15. The van der Waals surface area contributed by atoms with Crippen molar-refractivity contribution in [2.45, 2.75) is 6.23 Å². The molecule has 0 aliphatic carbocycles. The lowest BCUT2D eigenvalue weighted by atomic mass is 10.1. The molecule has 4 heteroatoms. The average molecular weight is 294 g/mol. The largest absolute Gasteiger partial charge is 0.433 e. The van der Waals surface area contributed by atoms with Crippen molar-refractivity contribution < 1.29 is 9.53 Å². The molecule has 1 saturated heterocycles. The van der Waals surface area contributed by atoms with Crippen LogP contribution in [0.1, 0.15) is 17.4 Å². The van der Waals surface area contributed by atoms with Crippen LogP contribution in [0.4, 0.5) is 5.69 Å². The summed E-state index contributed by atoms with van der Waals surface area (Å²) in [4.78, 5) is 14.0. The first-order valence-corrected chi connectivity index (χ1v) is 7.15. The zero-order valence-electron chi connectivity index (χ0n) is 12.6. The third-order valence-electron chi connectivity index (χ3n) is 3.55. The molecule has 2 aromatic carbocycles. The third-order valence-corrected chi connectivity index (χ3v) is 3.55. The van der Waals surface area contributed by atoms with Gasteiger partial charge >= 0.3 is 5.97 Å². The van der Waals surface area contributed by atoms with Crippen LogP contribution < -0.4 is 10.2 Å². The van der Waals surface area contributed by atoms with Crippen molar-refractivity contribution in [3.63, 3.8) is 0 Å². The van der Waals surface area contributed by atoms with Gasteiger partial charge in [0.05, 0.1) is 0 Å². The molecule has 1 fully saturated rings. The molecule has 0 radical (unpaired) electrons. The van der Waals surface area contributed by atoms with E-state index in [-0.39, 0.29) is 5.97 Å². The summed E-state index contributed by atoms with van der Waals surface area (Å²) in [5.74, 6) is -0.328. The Labute approximate surface area is 130 Å². The van der Waals surface area contributed by atoms with E-state index in [0.29, 0.717) is 5.70 Å². The molecule has 2 aromatic rings. The molecule has 1 aliphatic heterocycles. The molecular formula is C18H18N2O2. The predicted octanol–water partition coefficient (Wildman–Crippen LogP) is 2.94.